The lowest BCUT2D eigenvalue weighted by atomic mass is 10.1. The van der Waals surface area contributed by atoms with Crippen molar-refractivity contribution in [1.82, 2.24) is 0 Å². The molecule has 0 amide bonds. The number of unbranched alkanes of at least 4 members (excludes halogenated alkanes) is 14. The predicted molar refractivity (Wildman–Crippen MR) is 210 cm³/mol. The van der Waals surface area contributed by atoms with E-state index in [0.717, 1.165) is 70.6 Å². The van der Waals surface area contributed by atoms with Gasteiger partial charge in [-0.3, -0.25) is 14.4 Å². The highest BCUT2D eigenvalue weighted by molar-refractivity contribution is 5.71. The fourth-order valence-electron chi connectivity index (χ4n) is 5.17. The number of rotatable bonds is 35. The Morgan fingerprint density at radius 1 is 0.420 bits per heavy atom. The molecule has 0 aliphatic carbocycles. The van der Waals surface area contributed by atoms with Gasteiger partial charge in [-0.2, -0.15) is 0 Å². The van der Waals surface area contributed by atoms with Crippen molar-refractivity contribution in [2.45, 2.75) is 187 Å². The van der Waals surface area contributed by atoms with E-state index in [1.54, 1.807) is 0 Å². The summed E-state index contributed by atoms with van der Waals surface area (Å²) in [5, 5.41) is 0. The Kier molecular flexibility index (Phi) is 36.7. The third-order valence-electron chi connectivity index (χ3n) is 8.23. The molecule has 1 atom stereocenters. The fraction of sp³-hybridized carbons (Fsp3) is 0.705. The van der Waals surface area contributed by atoms with Gasteiger partial charge in [0.15, 0.2) is 6.10 Å². The van der Waals surface area contributed by atoms with E-state index >= 15 is 0 Å². The van der Waals surface area contributed by atoms with E-state index in [1.165, 1.54) is 57.8 Å². The van der Waals surface area contributed by atoms with Crippen molar-refractivity contribution in [3.8, 4) is 0 Å². The molecule has 0 radical (unpaired) electrons. The maximum atomic E-state index is 12.6. The van der Waals surface area contributed by atoms with Crippen LogP contribution in [0.15, 0.2) is 60.8 Å². The van der Waals surface area contributed by atoms with Crippen molar-refractivity contribution in [1.29, 1.82) is 0 Å². The van der Waals surface area contributed by atoms with Crippen LogP contribution < -0.4 is 0 Å². The van der Waals surface area contributed by atoms with E-state index < -0.39 is 6.10 Å². The van der Waals surface area contributed by atoms with Crippen LogP contribution in [0.25, 0.3) is 0 Å². The molecule has 0 aliphatic rings. The maximum Gasteiger partial charge on any atom is 0.306 e. The number of allylic oxidation sites excluding steroid dienone is 10. The molecule has 0 saturated carbocycles. The second kappa shape index (κ2) is 38.9. The van der Waals surface area contributed by atoms with Gasteiger partial charge in [-0.1, -0.05) is 133 Å². The molecule has 6 nitrogen and oxygen atoms in total. The molecule has 0 aromatic rings. The Morgan fingerprint density at radius 2 is 0.800 bits per heavy atom. The van der Waals surface area contributed by atoms with E-state index in [0.29, 0.717) is 25.7 Å². The molecule has 0 aromatic carbocycles. The monoisotopic (exact) mass is 699 g/mol. The summed E-state index contributed by atoms with van der Waals surface area (Å²) in [4.78, 5) is 37.4. The number of hydrogen-bond acceptors (Lipinski definition) is 6. The van der Waals surface area contributed by atoms with Crippen LogP contribution >= 0.6 is 0 Å². The van der Waals surface area contributed by atoms with Gasteiger partial charge in [0, 0.05) is 19.3 Å². The molecule has 0 N–H and O–H groups in total. The van der Waals surface area contributed by atoms with E-state index in [2.05, 4.69) is 81.5 Å². The van der Waals surface area contributed by atoms with Gasteiger partial charge >= 0.3 is 17.9 Å². The Labute approximate surface area is 307 Å². The molecule has 0 heterocycles. The zero-order valence-corrected chi connectivity index (χ0v) is 32.4. The summed E-state index contributed by atoms with van der Waals surface area (Å²) >= 11 is 0. The minimum absolute atomic E-state index is 0.108. The average Bonchev–Trinajstić information content (AvgIpc) is 3.11. The molecule has 50 heavy (non-hydrogen) atoms. The predicted octanol–water partition coefficient (Wildman–Crippen LogP) is 12.6. The lowest BCUT2D eigenvalue weighted by Crippen LogP contribution is -2.30. The first-order chi connectivity index (χ1) is 24.5. The standard InChI is InChI=1S/C44H74O6/c1-4-7-10-13-16-19-21-23-25-28-31-34-37-43(46)49-40-41(39-48-42(45)36-33-30-27-24-18-15-12-9-6-3)50-44(47)38-35-32-29-26-22-20-17-14-11-8-5-2/h8,11,16-17,19-20,24,26-27,29,41H,4-7,9-10,12-15,18,21-23,25,28,30-40H2,1-3H3/b11-8-,19-16-,20-17-,27-24-,29-26-. The van der Waals surface area contributed by atoms with Gasteiger partial charge in [0.05, 0.1) is 0 Å². The van der Waals surface area contributed by atoms with Crippen molar-refractivity contribution < 1.29 is 28.6 Å². The number of carbonyl (C=O) groups is 3. The summed E-state index contributed by atoms with van der Waals surface area (Å²) in [5.41, 5.74) is 0. The van der Waals surface area contributed by atoms with Gasteiger partial charge in [0.25, 0.3) is 0 Å². The molecular formula is C44H74O6. The fourth-order valence-corrected chi connectivity index (χ4v) is 5.17. The average molecular weight is 699 g/mol. The van der Waals surface area contributed by atoms with Crippen molar-refractivity contribution in [2.75, 3.05) is 13.2 Å². The first-order valence-corrected chi connectivity index (χ1v) is 20.3. The summed E-state index contributed by atoms with van der Waals surface area (Å²) in [7, 11) is 0. The highest BCUT2D eigenvalue weighted by Gasteiger charge is 2.19. The minimum Gasteiger partial charge on any atom is -0.462 e. The summed E-state index contributed by atoms with van der Waals surface area (Å²) < 4.78 is 16.5. The zero-order valence-electron chi connectivity index (χ0n) is 32.4. The molecule has 0 aliphatic heterocycles. The molecule has 0 spiro atoms. The normalized spacial score (nSPS) is 12.6. The van der Waals surface area contributed by atoms with E-state index in [4.69, 9.17) is 14.2 Å². The highest BCUT2D eigenvalue weighted by Crippen LogP contribution is 2.11. The van der Waals surface area contributed by atoms with Gasteiger partial charge in [-0.25, -0.2) is 0 Å². The zero-order chi connectivity index (χ0) is 36.6. The molecule has 0 bridgehead atoms. The first-order valence-electron chi connectivity index (χ1n) is 20.3. The molecule has 0 aromatic heterocycles. The quantitative estimate of drug-likeness (QED) is 0.0284. The summed E-state index contributed by atoms with van der Waals surface area (Å²) in [5.74, 6) is -1.02. The largest absolute Gasteiger partial charge is 0.462 e. The van der Waals surface area contributed by atoms with Crippen molar-refractivity contribution in [2.24, 2.45) is 0 Å². The molecule has 0 saturated heterocycles. The van der Waals surface area contributed by atoms with Crippen LogP contribution in [0.4, 0.5) is 0 Å². The van der Waals surface area contributed by atoms with Gasteiger partial charge in [-0.05, 0) is 89.9 Å². The Hall–Kier alpha value is -2.89. The topological polar surface area (TPSA) is 78.9 Å². The maximum absolute atomic E-state index is 12.6. The minimum atomic E-state index is -0.809. The molecule has 286 valence electrons. The van der Waals surface area contributed by atoms with Gasteiger partial charge in [0.1, 0.15) is 13.2 Å². The molecular weight excluding hydrogens is 624 g/mol. The van der Waals surface area contributed by atoms with Crippen LogP contribution in [0.1, 0.15) is 181 Å². The molecule has 0 fully saturated rings. The first kappa shape index (κ1) is 47.1. The van der Waals surface area contributed by atoms with Gasteiger partial charge < -0.3 is 14.2 Å². The van der Waals surface area contributed by atoms with Crippen LogP contribution in [0.5, 0.6) is 0 Å². The smallest absolute Gasteiger partial charge is 0.306 e. The second-order valence-corrected chi connectivity index (χ2v) is 13.2. The van der Waals surface area contributed by atoms with E-state index in [-0.39, 0.29) is 37.5 Å². The number of ether oxygens (including phenoxy) is 3. The van der Waals surface area contributed by atoms with Gasteiger partial charge in [0.2, 0.25) is 0 Å². The van der Waals surface area contributed by atoms with E-state index in [1.807, 2.05) is 0 Å². The van der Waals surface area contributed by atoms with Crippen LogP contribution in [0.2, 0.25) is 0 Å². The van der Waals surface area contributed by atoms with Crippen LogP contribution in [-0.4, -0.2) is 37.2 Å². The van der Waals surface area contributed by atoms with E-state index in [9.17, 15) is 14.4 Å². The Morgan fingerprint density at radius 3 is 1.36 bits per heavy atom. The number of esters is 3. The van der Waals surface area contributed by atoms with Crippen molar-refractivity contribution in [3.05, 3.63) is 60.8 Å². The van der Waals surface area contributed by atoms with Crippen LogP contribution in [0.3, 0.4) is 0 Å². The third-order valence-corrected chi connectivity index (χ3v) is 8.23. The third kappa shape index (κ3) is 36.4. The Balaban J connectivity index is 4.50. The molecule has 1 unspecified atom stereocenters. The summed E-state index contributed by atoms with van der Waals surface area (Å²) in [6, 6.07) is 0. The molecule has 0 rings (SSSR count). The number of hydrogen-bond donors (Lipinski definition) is 0. The summed E-state index contributed by atoms with van der Waals surface area (Å²) in [6.45, 7) is 6.34. The molecule has 6 heteroatoms. The lowest BCUT2D eigenvalue weighted by Gasteiger charge is -2.18. The highest BCUT2D eigenvalue weighted by atomic mass is 16.6. The van der Waals surface area contributed by atoms with Crippen LogP contribution in [-0.2, 0) is 28.6 Å². The number of carbonyl (C=O) groups excluding carboxylic acids is 3. The van der Waals surface area contributed by atoms with Crippen LogP contribution in [0, 0.1) is 0 Å². The van der Waals surface area contributed by atoms with Crippen molar-refractivity contribution >= 4 is 17.9 Å². The van der Waals surface area contributed by atoms with Crippen molar-refractivity contribution in [3.63, 3.8) is 0 Å². The second-order valence-electron chi connectivity index (χ2n) is 13.2. The lowest BCUT2D eigenvalue weighted by molar-refractivity contribution is -0.167. The summed E-state index contributed by atoms with van der Waals surface area (Å²) in [6.07, 6.45) is 45.1. The van der Waals surface area contributed by atoms with Gasteiger partial charge in [-0.15, -0.1) is 0 Å². The SMILES string of the molecule is CC/C=C\C/C=C\C/C=C\CCCC(=O)OC(COC(=O)CCC/C=C\CCCCCC)COC(=O)CCCCCCC/C=C\CCCCC. The Bertz CT molecular complexity index is 944.